The lowest BCUT2D eigenvalue weighted by molar-refractivity contribution is -0.183. The third-order valence-corrected chi connectivity index (χ3v) is 4.00. The van der Waals surface area contributed by atoms with Gasteiger partial charge < -0.3 is 18.9 Å². The summed E-state index contributed by atoms with van der Waals surface area (Å²) in [5.41, 5.74) is 0. The lowest BCUT2D eigenvalue weighted by Crippen LogP contribution is -2.39. The molecule has 0 bridgehead atoms. The maximum atomic E-state index is 12.4. The van der Waals surface area contributed by atoms with Crippen molar-refractivity contribution in [3.8, 4) is 0 Å². The van der Waals surface area contributed by atoms with Gasteiger partial charge in [0, 0.05) is 6.42 Å². The van der Waals surface area contributed by atoms with Gasteiger partial charge in [0.2, 0.25) is 0 Å². The minimum Gasteiger partial charge on any atom is -0.462 e. The molecule has 0 amide bonds. The van der Waals surface area contributed by atoms with E-state index in [0.29, 0.717) is 6.42 Å². The Kier molecular flexibility index (Phi) is 7.23. The molecule has 0 spiro atoms. The van der Waals surface area contributed by atoms with Crippen molar-refractivity contribution in [3.63, 3.8) is 0 Å². The Morgan fingerprint density at radius 3 is 1.62 bits per heavy atom. The molecule has 6 nitrogen and oxygen atoms in total. The first kappa shape index (κ1) is 20.9. The number of esters is 2. The molecule has 0 aromatic rings. The molecule has 3 atom stereocenters. The summed E-state index contributed by atoms with van der Waals surface area (Å²) in [7, 11) is 0. The fourth-order valence-electron chi connectivity index (χ4n) is 2.98. The molecule has 0 aromatic carbocycles. The molecule has 1 aliphatic heterocycles. The molecule has 1 heterocycles. The van der Waals surface area contributed by atoms with E-state index < -0.39 is 23.6 Å². The van der Waals surface area contributed by atoms with Gasteiger partial charge in [0.15, 0.2) is 11.7 Å². The third kappa shape index (κ3) is 5.74. The predicted molar refractivity (Wildman–Crippen MR) is 89.2 cm³/mol. The highest BCUT2D eigenvalue weighted by molar-refractivity contribution is 5.95. The molecule has 1 aliphatic rings. The zero-order valence-corrected chi connectivity index (χ0v) is 16.1. The van der Waals surface area contributed by atoms with Gasteiger partial charge in [0.05, 0.1) is 24.4 Å². The number of carbonyl (C=O) groups excluding carboxylic acids is 2. The molecule has 0 aromatic heterocycles. The molecular formula is C18H32O6. The van der Waals surface area contributed by atoms with Gasteiger partial charge in [0.1, 0.15) is 0 Å². The number of carbonyl (C=O) groups is 2. The van der Waals surface area contributed by atoms with E-state index in [1.165, 1.54) is 0 Å². The van der Waals surface area contributed by atoms with E-state index in [-0.39, 0.29) is 30.3 Å². The fraction of sp³-hybridized carbons (Fsp3) is 0.889. The molecular weight excluding hydrogens is 312 g/mol. The largest absolute Gasteiger partial charge is 0.462 e. The van der Waals surface area contributed by atoms with Gasteiger partial charge in [-0.2, -0.15) is 0 Å². The maximum Gasteiger partial charge on any atom is 0.320 e. The molecule has 1 rings (SSSR count). The van der Waals surface area contributed by atoms with Crippen LogP contribution < -0.4 is 0 Å². The molecule has 1 saturated heterocycles. The summed E-state index contributed by atoms with van der Waals surface area (Å²) in [6, 6.07) is 0. The molecule has 0 aliphatic carbocycles. The minimum absolute atomic E-state index is 0.0362. The van der Waals surface area contributed by atoms with E-state index in [1.54, 1.807) is 27.7 Å². The van der Waals surface area contributed by atoms with Crippen LogP contribution in [0.5, 0.6) is 0 Å². The average molecular weight is 344 g/mol. The average Bonchev–Trinajstić information content (AvgIpc) is 2.59. The van der Waals surface area contributed by atoms with E-state index >= 15 is 0 Å². The molecule has 0 unspecified atom stereocenters. The van der Waals surface area contributed by atoms with Crippen molar-refractivity contribution in [1.29, 1.82) is 0 Å². The zero-order valence-electron chi connectivity index (χ0n) is 16.1. The Bertz CT molecular complexity index is 413. The second kappa shape index (κ2) is 8.30. The van der Waals surface area contributed by atoms with Crippen LogP contribution in [0, 0.1) is 11.8 Å². The predicted octanol–water partition coefficient (Wildman–Crippen LogP) is 3.07. The van der Waals surface area contributed by atoms with Gasteiger partial charge >= 0.3 is 11.9 Å². The number of rotatable bonds is 7. The van der Waals surface area contributed by atoms with Gasteiger partial charge in [-0.1, -0.05) is 6.92 Å². The summed E-state index contributed by atoms with van der Waals surface area (Å²) in [6.07, 6.45) is -0.272. The number of ether oxygens (including phenoxy) is 4. The molecule has 0 saturated carbocycles. The van der Waals surface area contributed by atoms with Crippen molar-refractivity contribution in [2.75, 3.05) is 0 Å². The first-order valence-electron chi connectivity index (χ1n) is 8.71. The highest BCUT2D eigenvalue weighted by atomic mass is 16.8. The SMILES string of the molecule is CC(C)OC(=O)C(C(=O)OC(C)C)[C@@H](C)CC1(C)O[C@H](C)[C@@H](C)O1. The van der Waals surface area contributed by atoms with Crippen LogP contribution in [0.4, 0.5) is 0 Å². The van der Waals surface area contributed by atoms with Crippen LogP contribution in [0.2, 0.25) is 0 Å². The highest BCUT2D eigenvalue weighted by Crippen LogP contribution is 2.36. The first-order chi connectivity index (χ1) is 10.9. The number of hydrogen-bond donors (Lipinski definition) is 0. The Morgan fingerprint density at radius 2 is 1.29 bits per heavy atom. The quantitative estimate of drug-likeness (QED) is 0.522. The second-order valence-corrected chi connectivity index (χ2v) is 7.41. The molecule has 0 N–H and O–H groups in total. The van der Waals surface area contributed by atoms with Gasteiger partial charge in [-0.25, -0.2) is 0 Å². The Labute approximate surface area is 145 Å². The molecule has 1 fully saturated rings. The van der Waals surface area contributed by atoms with Gasteiger partial charge in [-0.05, 0) is 54.4 Å². The first-order valence-corrected chi connectivity index (χ1v) is 8.71. The Balaban J connectivity index is 2.88. The summed E-state index contributed by atoms with van der Waals surface area (Å²) in [6.45, 7) is 14.5. The normalized spacial score (nSPS) is 24.5. The van der Waals surface area contributed by atoms with E-state index in [2.05, 4.69) is 0 Å². The second-order valence-electron chi connectivity index (χ2n) is 7.41. The van der Waals surface area contributed by atoms with E-state index in [0.717, 1.165) is 0 Å². The van der Waals surface area contributed by atoms with Crippen molar-refractivity contribution in [3.05, 3.63) is 0 Å². The smallest absolute Gasteiger partial charge is 0.320 e. The van der Waals surface area contributed by atoms with Crippen LogP contribution >= 0.6 is 0 Å². The van der Waals surface area contributed by atoms with Gasteiger partial charge in [0.25, 0.3) is 0 Å². The van der Waals surface area contributed by atoms with Crippen molar-refractivity contribution in [1.82, 2.24) is 0 Å². The third-order valence-electron chi connectivity index (χ3n) is 4.00. The van der Waals surface area contributed by atoms with Crippen LogP contribution in [0.3, 0.4) is 0 Å². The Hall–Kier alpha value is -1.14. The minimum atomic E-state index is -0.995. The van der Waals surface area contributed by atoms with E-state index in [1.807, 2.05) is 27.7 Å². The summed E-state index contributed by atoms with van der Waals surface area (Å²) in [4.78, 5) is 24.8. The van der Waals surface area contributed by atoms with Crippen molar-refractivity contribution in [2.45, 2.75) is 92.0 Å². The van der Waals surface area contributed by atoms with Crippen LogP contribution in [-0.4, -0.2) is 42.1 Å². The van der Waals surface area contributed by atoms with Crippen LogP contribution in [0.25, 0.3) is 0 Å². The molecule has 6 heteroatoms. The van der Waals surface area contributed by atoms with E-state index in [9.17, 15) is 9.59 Å². The lowest BCUT2D eigenvalue weighted by atomic mass is 9.88. The van der Waals surface area contributed by atoms with Crippen LogP contribution in [0.1, 0.15) is 61.8 Å². The Morgan fingerprint density at radius 1 is 0.917 bits per heavy atom. The highest BCUT2D eigenvalue weighted by Gasteiger charge is 2.45. The lowest BCUT2D eigenvalue weighted by Gasteiger charge is -2.30. The standard InChI is InChI=1S/C18H32O6/c1-10(2)21-16(19)15(17(20)22-11(3)4)12(5)9-18(8)23-13(6)14(7)24-18/h10-15H,9H2,1-8H3/t12-,13+,14+/m0/s1. The van der Waals surface area contributed by atoms with Crippen molar-refractivity contribution in [2.24, 2.45) is 11.8 Å². The summed E-state index contributed by atoms with van der Waals surface area (Å²) >= 11 is 0. The van der Waals surface area contributed by atoms with Gasteiger partial charge in [-0.15, -0.1) is 0 Å². The van der Waals surface area contributed by atoms with Crippen molar-refractivity contribution < 1.29 is 28.5 Å². The number of hydrogen-bond acceptors (Lipinski definition) is 6. The molecule has 0 radical (unpaired) electrons. The molecule has 140 valence electrons. The monoisotopic (exact) mass is 344 g/mol. The van der Waals surface area contributed by atoms with Crippen LogP contribution in [-0.2, 0) is 28.5 Å². The summed E-state index contributed by atoms with van der Waals surface area (Å²) in [5.74, 6) is -3.29. The zero-order chi connectivity index (χ0) is 18.7. The fourth-order valence-corrected chi connectivity index (χ4v) is 2.98. The summed E-state index contributed by atoms with van der Waals surface area (Å²) < 4.78 is 22.3. The van der Waals surface area contributed by atoms with E-state index in [4.69, 9.17) is 18.9 Å². The van der Waals surface area contributed by atoms with Crippen LogP contribution in [0.15, 0.2) is 0 Å². The maximum absolute atomic E-state index is 12.4. The summed E-state index contributed by atoms with van der Waals surface area (Å²) in [5, 5.41) is 0. The topological polar surface area (TPSA) is 71.1 Å². The van der Waals surface area contributed by atoms with Crippen molar-refractivity contribution >= 4 is 11.9 Å². The van der Waals surface area contributed by atoms with Gasteiger partial charge in [-0.3, -0.25) is 9.59 Å². The molecule has 24 heavy (non-hydrogen) atoms.